The Morgan fingerprint density at radius 2 is 1.81 bits per heavy atom. The van der Waals surface area contributed by atoms with Gasteiger partial charge in [-0.1, -0.05) is 42.3 Å². The summed E-state index contributed by atoms with van der Waals surface area (Å²) in [5.74, 6) is 2.36. The zero-order chi connectivity index (χ0) is 19.8. The van der Waals surface area contributed by atoms with Crippen molar-refractivity contribution in [3.8, 4) is 11.5 Å². The molecule has 7 heteroatoms. The number of carbonyl (C=O) groups excluding carboxylic acids is 1. The van der Waals surface area contributed by atoms with Crippen LogP contribution in [0.1, 0.15) is 30.5 Å². The average Bonchev–Trinajstić information content (AvgIpc) is 2.68. The van der Waals surface area contributed by atoms with Gasteiger partial charge < -0.3 is 14.8 Å². The summed E-state index contributed by atoms with van der Waals surface area (Å²) in [4.78, 5) is 12.3. The first-order valence-corrected chi connectivity index (χ1v) is 10.4. The molecule has 0 spiro atoms. The molecule has 2 aromatic rings. The second-order valence-corrected chi connectivity index (χ2v) is 7.68. The zero-order valence-corrected chi connectivity index (χ0v) is 17.9. The van der Waals surface area contributed by atoms with Crippen molar-refractivity contribution in [1.29, 1.82) is 0 Å². The molecule has 0 saturated carbocycles. The third kappa shape index (κ3) is 6.23. The lowest BCUT2D eigenvalue weighted by atomic mass is 10.0. The van der Waals surface area contributed by atoms with Crippen molar-refractivity contribution < 1.29 is 14.3 Å². The van der Waals surface area contributed by atoms with Crippen LogP contribution in [0.25, 0.3) is 0 Å². The molecule has 146 valence electrons. The Labute approximate surface area is 174 Å². The van der Waals surface area contributed by atoms with Crippen LogP contribution in [0.2, 0.25) is 10.0 Å². The molecule has 0 aliphatic carbocycles. The van der Waals surface area contributed by atoms with E-state index in [4.69, 9.17) is 32.7 Å². The molecular weight excluding hydrogens is 405 g/mol. The first-order chi connectivity index (χ1) is 13.0. The fourth-order valence-corrected chi connectivity index (χ4v) is 3.72. The highest BCUT2D eigenvalue weighted by Crippen LogP contribution is 2.31. The van der Waals surface area contributed by atoms with E-state index in [0.29, 0.717) is 33.0 Å². The van der Waals surface area contributed by atoms with Crippen molar-refractivity contribution in [1.82, 2.24) is 5.32 Å². The minimum Gasteiger partial charge on any atom is -0.493 e. The maximum Gasteiger partial charge on any atom is 0.230 e. The molecule has 1 amide bonds. The van der Waals surface area contributed by atoms with Crippen molar-refractivity contribution >= 4 is 40.9 Å². The van der Waals surface area contributed by atoms with Crippen LogP contribution >= 0.6 is 35.0 Å². The van der Waals surface area contributed by atoms with Crippen LogP contribution in [0.4, 0.5) is 0 Å². The highest BCUT2D eigenvalue weighted by atomic mass is 35.5. The van der Waals surface area contributed by atoms with Gasteiger partial charge in [-0.05, 0) is 41.8 Å². The molecule has 0 radical (unpaired) electrons. The monoisotopic (exact) mass is 427 g/mol. The van der Waals surface area contributed by atoms with Crippen molar-refractivity contribution in [3.63, 3.8) is 0 Å². The third-order valence-corrected chi connectivity index (χ3v) is 5.78. The van der Waals surface area contributed by atoms with E-state index in [1.807, 2.05) is 37.3 Å². The molecule has 0 fully saturated rings. The van der Waals surface area contributed by atoms with Gasteiger partial charge in [0.1, 0.15) is 0 Å². The molecule has 4 nitrogen and oxygen atoms in total. The summed E-state index contributed by atoms with van der Waals surface area (Å²) in [6.07, 6.45) is 0.776. The summed E-state index contributed by atoms with van der Waals surface area (Å²) >= 11 is 13.5. The van der Waals surface area contributed by atoms with E-state index in [9.17, 15) is 4.79 Å². The van der Waals surface area contributed by atoms with E-state index in [1.54, 1.807) is 20.3 Å². The Balaban J connectivity index is 1.91. The van der Waals surface area contributed by atoms with Gasteiger partial charge >= 0.3 is 0 Å². The zero-order valence-electron chi connectivity index (χ0n) is 15.6. The Morgan fingerprint density at radius 1 is 1.07 bits per heavy atom. The molecule has 0 heterocycles. The van der Waals surface area contributed by atoms with Crippen LogP contribution in [-0.2, 0) is 10.5 Å². The number of carbonyl (C=O) groups is 1. The smallest absolute Gasteiger partial charge is 0.230 e. The van der Waals surface area contributed by atoms with E-state index >= 15 is 0 Å². The molecule has 2 aromatic carbocycles. The van der Waals surface area contributed by atoms with E-state index in [0.717, 1.165) is 17.5 Å². The normalized spacial score (nSPS) is 11.7. The molecule has 0 saturated heterocycles. The van der Waals surface area contributed by atoms with Crippen LogP contribution in [0.5, 0.6) is 11.5 Å². The fourth-order valence-electron chi connectivity index (χ4n) is 2.62. The Morgan fingerprint density at radius 3 is 2.44 bits per heavy atom. The van der Waals surface area contributed by atoms with Gasteiger partial charge in [0.2, 0.25) is 5.91 Å². The predicted octanol–water partition coefficient (Wildman–Crippen LogP) is 5.51. The number of halogens is 2. The lowest BCUT2D eigenvalue weighted by molar-refractivity contribution is -0.119. The molecule has 1 N–H and O–H groups in total. The summed E-state index contributed by atoms with van der Waals surface area (Å²) in [6.45, 7) is 2.03. The number of rotatable bonds is 9. The van der Waals surface area contributed by atoms with Crippen molar-refractivity contribution in [2.45, 2.75) is 25.1 Å². The second-order valence-electron chi connectivity index (χ2n) is 5.88. The van der Waals surface area contributed by atoms with E-state index in [2.05, 4.69) is 5.32 Å². The number of thioether (sulfide) groups is 1. The van der Waals surface area contributed by atoms with E-state index in [-0.39, 0.29) is 11.9 Å². The number of amides is 1. The van der Waals surface area contributed by atoms with Gasteiger partial charge in [0.25, 0.3) is 0 Å². The number of ether oxygens (including phenoxy) is 2. The quantitative estimate of drug-likeness (QED) is 0.572. The van der Waals surface area contributed by atoms with Gasteiger partial charge in [-0.25, -0.2) is 0 Å². The molecule has 0 unspecified atom stereocenters. The van der Waals surface area contributed by atoms with Crippen LogP contribution in [0.15, 0.2) is 36.4 Å². The fraction of sp³-hybridized carbons (Fsp3) is 0.350. The van der Waals surface area contributed by atoms with Gasteiger partial charge in [-0.2, -0.15) is 0 Å². The standard InChI is InChI=1S/C20H23Cl2NO3S/c1-4-17(14-6-8-18(25-2)19(10-14)26-3)23-20(24)12-27-11-13-5-7-15(21)16(22)9-13/h5-10,17H,4,11-12H2,1-3H3,(H,23,24)/t17-/m1/s1. The summed E-state index contributed by atoms with van der Waals surface area (Å²) in [5.41, 5.74) is 2.02. The second kappa shape index (κ2) is 10.7. The maximum absolute atomic E-state index is 12.3. The van der Waals surface area contributed by atoms with Crippen LogP contribution < -0.4 is 14.8 Å². The average molecular weight is 428 g/mol. The largest absolute Gasteiger partial charge is 0.493 e. The van der Waals surface area contributed by atoms with Gasteiger partial charge in [0.05, 0.1) is 36.1 Å². The predicted molar refractivity (Wildman–Crippen MR) is 113 cm³/mol. The minimum atomic E-state index is -0.0807. The highest BCUT2D eigenvalue weighted by molar-refractivity contribution is 7.99. The van der Waals surface area contributed by atoms with Gasteiger partial charge in [0.15, 0.2) is 11.5 Å². The molecule has 27 heavy (non-hydrogen) atoms. The SMILES string of the molecule is CC[C@@H](NC(=O)CSCc1ccc(Cl)c(Cl)c1)c1ccc(OC)c(OC)c1. The lowest BCUT2D eigenvalue weighted by Crippen LogP contribution is -2.29. The summed E-state index contributed by atoms with van der Waals surface area (Å²) in [6, 6.07) is 11.1. The number of nitrogens with one attached hydrogen (secondary N) is 1. The Bertz CT molecular complexity index is 786. The Hall–Kier alpha value is -1.56. The summed E-state index contributed by atoms with van der Waals surface area (Å²) < 4.78 is 10.6. The van der Waals surface area contributed by atoms with Gasteiger partial charge in [-0.15, -0.1) is 11.8 Å². The van der Waals surface area contributed by atoms with Crippen LogP contribution in [0, 0.1) is 0 Å². The van der Waals surface area contributed by atoms with Crippen molar-refractivity contribution in [2.75, 3.05) is 20.0 Å². The molecule has 2 rings (SSSR count). The summed E-state index contributed by atoms with van der Waals surface area (Å²) in [5, 5.41) is 4.13. The number of hydrogen-bond acceptors (Lipinski definition) is 4. The number of methoxy groups -OCH3 is 2. The molecular formula is C20H23Cl2NO3S. The first kappa shape index (κ1) is 21.7. The number of benzene rings is 2. The molecule has 0 aliphatic heterocycles. The van der Waals surface area contributed by atoms with Gasteiger partial charge in [-0.3, -0.25) is 4.79 Å². The van der Waals surface area contributed by atoms with E-state index < -0.39 is 0 Å². The van der Waals surface area contributed by atoms with E-state index in [1.165, 1.54) is 11.8 Å². The van der Waals surface area contributed by atoms with Gasteiger partial charge in [0, 0.05) is 5.75 Å². The molecule has 0 aromatic heterocycles. The lowest BCUT2D eigenvalue weighted by Gasteiger charge is -2.19. The Kier molecular flexibility index (Phi) is 8.61. The first-order valence-electron chi connectivity index (χ1n) is 8.51. The molecule has 1 atom stereocenters. The maximum atomic E-state index is 12.3. The van der Waals surface area contributed by atoms with Crippen molar-refractivity contribution in [3.05, 3.63) is 57.6 Å². The highest BCUT2D eigenvalue weighted by Gasteiger charge is 2.15. The van der Waals surface area contributed by atoms with Crippen molar-refractivity contribution in [2.24, 2.45) is 0 Å². The third-order valence-electron chi connectivity index (χ3n) is 4.04. The minimum absolute atomic E-state index is 0.0123. The topological polar surface area (TPSA) is 47.6 Å². The molecule has 0 aliphatic rings. The molecule has 0 bridgehead atoms. The number of hydrogen-bond donors (Lipinski definition) is 1. The summed E-state index contributed by atoms with van der Waals surface area (Å²) in [7, 11) is 3.20. The van der Waals surface area contributed by atoms with Crippen LogP contribution in [-0.4, -0.2) is 25.9 Å². The van der Waals surface area contributed by atoms with Crippen LogP contribution in [0.3, 0.4) is 0 Å².